The molecule has 5 nitrogen and oxygen atoms in total. The van der Waals surface area contributed by atoms with Crippen LogP contribution in [0.15, 0.2) is 12.1 Å². The fourth-order valence-corrected chi connectivity index (χ4v) is 2.68. The Morgan fingerprint density at radius 2 is 2.20 bits per heavy atom. The lowest BCUT2D eigenvalue weighted by atomic mass is 9.88. The number of hydrogen-bond acceptors (Lipinski definition) is 3. The number of rotatable bonds is 3. The van der Waals surface area contributed by atoms with Gasteiger partial charge in [-0.1, -0.05) is 18.5 Å². The van der Waals surface area contributed by atoms with Gasteiger partial charge in [-0.25, -0.2) is 0 Å². The van der Waals surface area contributed by atoms with Crippen molar-refractivity contribution in [2.75, 3.05) is 23.7 Å². The summed E-state index contributed by atoms with van der Waals surface area (Å²) >= 11 is 6.15. The van der Waals surface area contributed by atoms with E-state index in [2.05, 4.69) is 16.0 Å². The number of amides is 2. The van der Waals surface area contributed by atoms with Gasteiger partial charge in [-0.15, -0.1) is 0 Å². The summed E-state index contributed by atoms with van der Waals surface area (Å²) in [4.78, 5) is 23.5. The highest BCUT2D eigenvalue weighted by molar-refractivity contribution is 6.34. The molecular weight excluding hydrogens is 278 g/mol. The molecule has 2 amide bonds. The molecule has 0 aromatic heterocycles. The Morgan fingerprint density at radius 3 is 2.85 bits per heavy atom. The minimum atomic E-state index is -0.0553. The predicted octanol–water partition coefficient (Wildman–Crippen LogP) is 1.63. The molecule has 1 unspecified atom stereocenters. The van der Waals surface area contributed by atoms with Crippen molar-refractivity contribution in [3.63, 3.8) is 0 Å². The van der Waals surface area contributed by atoms with Gasteiger partial charge in [0.15, 0.2) is 0 Å². The highest BCUT2D eigenvalue weighted by Crippen LogP contribution is 2.33. The van der Waals surface area contributed by atoms with Gasteiger partial charge in [-0.05, 0) is 36.7 Å². The van der Waals surface area contributed by atoms with Crippen LogP contribution in [0, 0.1) is 11.8 Å². The summed E-state index contributed by atoms with van der Waals surface area (Å²) < 4.78 is 0. The van der Waals surface area contributed by atoms with E-state index in [-0.39, 0.29) is 17.7 Å². The highest BCUT2D eigenvalue weighted by Gasteiger charge is 2.29. The van der Waals surface area contributed by atoms with Crippen LogP contribution in [-0.4, -0.2) is 24.9 Å². The standard InChI is InChI=1S/C14H16ClN3O2/c1-7(9-5-16-6-9)14(20)18-12-2-8-3-13(19)17-11(8)4-10(12)15/h2,4,7,9,16H,3,5-6H2,1H3,(H,17,19)(H,18,20). The molecule has 6 heteroatoms. The average Bonchev–Trinajstić information content (AvgIpc) is 2.66. The third-order valence-corrected chi connectivity index (χ3v) is 4.32. The van der Waals surface area contributed by atoms with Crippen LogP contribution in [0.4, 0.5) is 11.4 Å². The first kappa shape index (κ1) is 13.4. The molecular formula is C14H16ClN3O2. The van der Waals surface area contributed by atoms with Crippen molar-refractivity contribution in [1.29, 1.82) is 0 Å². The van der Waals surface area contributed by atoms with Crippen molar-refractivity contribution in [3.05, 3.63) is 22.7 Å². The number of halogens is 1. The van der Waals surface area contributed by atoms with E-state index < -0.39 is 0 Å². The molecule has 0 bridgehead atoms. The molecule has 1 aromatic carbocycles. The summed E-state index contributed by atoms with van der Waals surface area (Å²) in [6.07, 6.45) is 0.331. The quantitative estimate of drug-likeness (QED) is 0.793. The van der Waals surface area contributed by atoms with Gasteiger partial charge >= 0.3 is 0 Å². The van der Waals surface area contributed by atoms with Crippen molar-refractivity contribution in [3.8, 4) is 0 Å². The van der Waals surface area contributed by atoms with Crippen LogP contribution in [0.25, 0.3) is 0 Å². The summed E-state index contributed by atoms with van der Waals surface area (Å²) in [5, 5.41) is 9.20. The van der Waals surface area contributed by atoms with E-state index in [9.17, 15) is 9.59 Å². The maximum atomic E-state index is 12.2. The Labute approximate surface area is 122 Å². The van der Waals surface area contributed by atoms with E-state index in [4.69, 9.17) is 11.6 Å². The van der Waals surface area contributed by atoms with E-state index in [1.807, 2.05) is 6.92 Å². The van der Waals surface area contributed by atoms with Gasteiger partial charge < -0.3 is 16.0 Å². The molecule has 1 saturated heterocycles. The zero-order valence-electron chi connectivity index (χ0n) is 11.1. The van der Waals surface area contributed by atoms with Crippen molar-refractivity contribution >= 4 is 34.8 Å². The third-order valence-electron chi connectivity index (χ3n) is 4.01. The molecule has 1 aromatic rings. The number of fused-ring (bicyclic) bond motifs is 1. The maximum Gasteiger partial charge on any atom is 0.228 e. The third kappa shape index (κ3) is 2.39. The van der Waals surface area contributed by atoms with Gasteiger partial charge in [0.05, 0.1) is 17.1 Å². The summed E-state index contributed by atoms with van der Waals surface area (Å²) in [7, 11) is 0. The first-order chi connectivity index (χ1) is 9.54. The number of carbonyl (C=O) groups excluding carboxylic acids is 2. The second-order valence-electron chi connectivity index (χ2n) is 5.41. The topological polar surface area (TPSA) is 70.2 Å². The molecule has 2 heterocycles. The van der Waals surface area contributed by atoms with Crippen molar-refractivity contribution < 1.29 is 9.59 Å². The van der Waals surface area contributed by atoms with Crippen molar-refractivity contribution in [2.45, 2.75) is 13.3 Å². The Balaban J connectivity index is 1.76. The van der Waals surface area contributed by atoms with Crippen LogP contribution in [0.3, 0.4) is 0 Å². The minimum absolute atomic E-state index is 0.0318. The second-order valence-corrected chi connectivity index (χ2v) is 5.82. The number of hydrogen-bond donors (Lipinski definition) is 3. The number of nitrogens with one attached hydrogen (secondary N) is 3. The zero-order chi connectivity index (χ0) is 14.3. The molecule has 0 saturated carbocycles. The van der Waals surface area contributed by atoms with Crippen LogP contribution in [-0.2, 0) is 16.0 Å². The molecule has 2 aliphatic rings. The SMILES string of the molecule is CC(C(=O)Nc1cc2c(cc1Cl)NC(=O)C2)C1CNC1. The van der Waals surface area contributed by atoms with Gasteiger partial charge in [0.25, 0.3) is 0 Å². The van der Waals surface area contributed by atoms with Crippen LogP contribution >= 0.6 is 11.6 Å². The monoisotopic (exact) mass is 293 g/mol. The minimum Gasteiger partial charge on any atom is -0.325 e. The molecule has 3 rings (SSSR count). The zero-order valence-corrected chi connectivity index (χ0v) is 11.9. The molecule has 0 radical (unpaired) electrons. The molecule has 1 fully saturated rings. The average molecular weight is 294 g/mol. The van der Waals surface area contributed by atoms with Crippen LogP contribution in [0.2, 0.25) is 5.02 Å². The molecule has 0 spiro atoms. The van der Waals surface area contributed by atoms with Crippen molar-refractivity contribution in [2.24, 2.45) is 11.8 Å². The van der Waals surface area contributed by atoms with Gasteiger partial charge in [0.1, 0.15) is 0 Å². The number of benzene rings is 1. The van der Waals surface area contributed by atoms with E-state index >= 15 is 0 Å². The molecule has 0 aliphatic carbocycles. The van der Waals surface area contributed by atoms with Gasteiger partial charge in [-0.3, -0.25) is 9.59 Å². The molecule has 2 aliphatic heterocycles. The molecule has 3 N–H and O–H groups in total. The number of anilines is 2. The van der Waals surface area contributed by atoms with Crippen LogP contribution in [0.5, 0.6) is 0 Å². The Morgan fingerprint density at radius 1 is 1.45 bits per heavy atom. The van der Waals surface area contributed by atoms with Gasteiger partial charge in [0.2, 0.25) is 11.8 Å². The maximum absolute atomic E-state index is 12.2. The lowest BCUT2D eigenvalue weighted by molar-refractivity contribution is -0.121. The van der Waals surface area contributed by atoms with Gasteiger partial charge in [0, 0.05) is 11.6 Å². The largest absolute Gasteiger partial charge is 0.325 e. The summed E-state index contributed by atoms with van der Waals surface area (Å²) in [5.41, 5.74) is 2.17. The fourth-order valence-electron chi connectivity index (χ4n) is 2.47. The van der Waals surface area contributed by atoms with E-state index in [1.54, 1.807) is 12.1 Å². The lowest BCUT2D eigenvalue weighted by Gasteiger charge is -2.31. The molecule has 20 heavy (non-hydrogen) atoms. The lowest BCUT2D eigenvalue weighted by Crippen LogP contribution is -2.48. The smallest absolute Gasteiger partial charge is 0.228 e. The summed E-state index contributed by atoms with van der Waals surface area (Å²) in [6, 6.07) is 3.46. The second kappa shape index (κ2) is 5.07. The first-order valence-corrected chi connectivity index (χ1v) is 7.06. The summed E-state index contributed by atoms with van der Waals surface area (Å²) in [5.74, 6) is 0.246. The van der Waals surface area contributed by atoms with Gasteiger partial charge in [-0.2, -0.15) is 0 Å². The Hall–Kier alpha value is -1.59. The molecule has 1 atom stereocenters. The van der Waals surface area contributed by atoms with Crippen LogP contribution in [0.1, 0.15) is 12.5 Å². The Bertz CT molecular complexity index is 584. The number of carbonyl (C=O) groups is 2. The summed E-state index contributed by atoms with van der Waals surface area (Å²) in [6.45, 7) is 3.68. The van der Waals surface area contributed by atoms with E-state index in [0.29, 0.717) is 23.0 Å². The Kier molecular flexibility index (Phi) is 3.40. The van der Waals surface area contributed by atoms with Crippen molar-refractivity contribution in [1.82, 2.24) is 5.32 Å². The molecule has 106 valence electrons. The van der Waals surface area contributed by atoms with E-state index in [1.165, 1.54) is 0 Å². The van der Waals surface area contributed by atoms with E-state index in [0.717, 1.165) is 24.3 Å². The first-order valence-electron chi connectivity index (χ1n) is 6.68. The highest BCUT2D eigenvalue weighted by atomic mass is 35.5. The fraction of sp³-hybridized carbons (Fsp3) is 0.429. The predicted molar refractivity (Wildman–Crippen MR) is 77.9 cm³/mol. The normalized spacial score (nSPS) is 19.0. The van der Waals surface area contributed by atoms with Crippen LogP contribution < -0.4 is 16.0 Å².